The number of ketones is 1. The lowest BCUT2D eigenvalue weighted by Crippen LogP contribution is -2.37. The Morgan fingerprint density at radius 2 is 1.79 bits per heavy atom. The maximum atomic E-state index is 13.0. The van der Waals surface area contributed by atoms with Gasteiger partial charge >= 0.3 is 6.18 Å². The summed E-state index contributed by atoms with van der Waals surface area (Å²) in [7, 11) is 0. The van der Waals surface area contributed by atoms with Gasteiger partial charge in [0, 0.05) is 11.5 Å². The van der Waals surface area contributed by atoms with Gasteiger partial charge in [-0.2, -0.15) is 13.2 Å². The molecule has 2 atom stereocenters. The minimum Gasteiger partial charge on any atom is -0.294 e. The molecule has 0 heterocycles. The van der Waals surface area contributed by atoms with Crippen molar-refractivity contribution in [2.75, 3.05) is 0 Å². The van der Waals surface area contributed by atoms with Crippen molar-refractivity contribution in [1.29, 1.82) is 0 Å². The Bertz CT molecular complexity index is 465. The zero-order valence-electron chi connectivity index (χ0n) is 10.8. The Hall–Kier alpha value is -1.32. The summed E-state index contributed by atoms with van der Waals surface area (Å²) >= 11 is 0. The summed E-state index contributed by atoms with van der Waals surface area (Å²) < 4.78 is 39.0. The van der Waals surface area contributed by atoms with Gasteiger partial charge in [-0.25, -0.2) is 0 Å². The molecule has 104 valence electrons. The number of carbonyl (C=O) groups is 1. The van der Waals surface area contributed by atoms with Gasteiger partial charge in [-0.1, -0.05) is 37.1 Å². The Morgan fingerprint density at radius 1 is 1.16 bits per heavy atom. The molecule has 0 bridgehead atoms. The van der Waals surface area contributed by atoms with Crippen molar-refractivity contribution in [1.82, 2.24) is 0 Å². The second kappa shape index (κ2) is 5.35. The smallest absolute Gasteiger partial charge is 0.294 e. The standard InChI is InChI=1S/C15H17F3O/c1-10-6-2-3-7-11(10)14(19)12-8-4-5-9-13(12)15(16,17)18/h2-3,6-7,12-13H,4-5,8-9H2,1H3. The summed E-state index contributed by atoms with van der Waals surface area (Å²) in [5.74, 6) is -2.73. The van der Waals surface area contributed by atoms with E-state index in [2.05, 4.69) is 0 Å². The Balaban J connectivity index is 2.28. The number of hydrogen-bond acceptors (Lipinski definition) is 1. The minimum atomic E-state index is -4.27. The summed E-state index contributed by atoms with van der Waals surface area (Å²) in [5.41, 5.74) is 1.18. The molecule has 0 radical (unpaired) electrons. The third-order valence-electron chi connectivity index (χ3n) is 3.93. The summed E-state index contributed by atoms with van der Waals surface area (Å²) in [4.78, 5) is 12.4. The van der Waals surface area contributed by atoms with E-state index in [1.807, 2.05) is 0 Å². The lowest BCUT2D eigenvalue weighted by Gasteiger charge is -2.32. The molecule has 0 spiro atoms. The first-order chi connectivity index (χ1) is 8.91. The highest BCUT2D eigenvalue weighted by molar-refractivity contribution is 5.99. The van der Waals surface area contributed by atoms with Crippen molar-refractivity contribution in [3.05, 3.63) is 35.4 Å². The maximum absolute atomic E-state index is 13.0. The molecule has 4 heteroatoms. The van der Waals surface area contributed by atoms with Crippen molar-refractivity contribution in [3.63, 3.8) is 0 Å². The topological polar surface area (TPSA) is 17.1 Å². The number of halogens is 3. The van der Waals surface area contributed by atoms with Gasteiger partial charge in [0.25, 0.3) is 0 Å². The Labute approximate surface area is 110 Å². The fraction of sp³-hybridized carbons (Fsp3) is 0.533. The van der Waals surface area contributed by atoms with Crippen LogP contribution >= 0.6 is 0 Å². The third kappa shape index (κ3) is 2.99. The zero-order valence-corrected chi connectivity index (χ0v) is 10.8. The van der Waals surface area contributed by atoms with Crippen LogP contribution < -0.4 is 0 Å². The van der Waals surface area contributed by atoms with Gasteiger partial charge < -0.3 is 0 Å². The predicted molar refractivity (Wildman–Crippen MR) is 67.0 cm³/mol. The third-order valence-corrected chi connectivity index (χ3v) is 3.93. The van der Waals surface area contributed by atoms with E-state index in [0.717, 1.165) is 5.56 Å². The normalized spacial score (nSPS) is 24.2. The molecule has 19 heavy (non-hydrogen) atoms. The largest absolute Gasteiger partial charge is 0.392 e. The first-order valence-electron chi connectivity index (χ1n) is 6.58. The van der Waals surface area contributed by atoms with Crippen molar-refractivity contribution in [2.24, 2.45) is 11.8 Å². The monoisotopic (exact) mass is 270 g/mol. The molecule has 0 N–H and O–H groups in total. The molecule has 0 aliphatic heterocycles. The second-order valence-corrected chi connectivity index (χ2v) is 5.22. The fourth-order valence-electron chi connectivity index (χ4n) is 2.89. The van der Waals surface area contributed by atoms with E-state index in [4.69, 9.17) is 0 Å². The van der Waals surface area contributed by atoms with E-state index in [1.165, 1.54) is 0 Å². The quantitative estimate of drug-likeness (QED) is 0.721. The predicted octanol–water partition coefficient (Wildman–Crippen LogP) is 4.55. The van der Waals surface area contributed by atoms with Crippen LogP contribution in [0.4, 0.5) is 13.2 Å². The molecule has 0 amide bonds. The van der Waals surface area contributed by atoms with E-state index in [0.29, 0.717) is 24.8 Å². The summed E-state index contributed by atoms with van der Waals surface area (Å²) in [6.07, 6.45) is -2.59. The number of hydrogen-bond donors (Lipinski definition) is 0. The minimum absolute atomic E-state index is 0.0752. The van der Waals surface area contributed by atoms with Crippen LogP contribution in [0.5, 0.6) is 0 Å². The summed E-state index contributed by atoms with van der Waals surface area (Å²) in [6, 6.07) is 6.87. The zero-order chi connectivity index (χ0) is 14.0. The summed E-state index contributed by atoms with van der Waals surface area (Å²) in [5, 5.41) is 0. The van der Waals surface area contributed by atoms with E-state index in [-0.39, 0.29) is 12.2 Å². The number of rotatable bonds is 2. The summed E-state index contributed by atoms with van der Waals surface area (Å²) in [6.45, 7) is 1.76. The second-order valence-electron chi connectivity index (χ2n) is 5.22. The lowest BCUT2D eigenvalue weighted by molar-refractivity contribution is -0.190. The molecule has 1 aromatic carbocycles. The first kappa shape index (κ1) is 14.1. The molecule has 1 saturated carbocycles. The fourth-order valence-corrected chi connectivity index (χ4v) is 2.89. The van der Waals surface area contributed by atoms with Crippen LogP contribution in [0.15, 0.2) is 24.3 Å². The molecular weight excluding hydrogens is 253 g/mol. The molecule has 1 aromatic rings. The van der Waals surface area contributed by atoms with Crippen LogP contribution in [0.3, 0.4) is 0 Å². The van der Waals surface area contributed by atoms with E-state index in [9.17, 15) is 18.0 Å². The van der Waals surface area contributed by atoms with Gasteiger partial charge in [-0.15, -0.1) is 0 Å². The van der Waals surface area contributed by atoms with Crippen LogP contribution in [-0.2, 0) is 0 Å². The van der Waals surface area contributed by atoms with E-state index >= 15 is 0 Å². The molecular formula is C15H17F3O. The van der Waals surface area contributed by atoms with Gasteiger partial charge in [-0.3, -0.25) is 4.79 Å². The van der Waals surface area contributed by atoms with Crippen molar-refractivity contribution < 1.29 is 18.0 Å². The Kier molecular flexibility index (Phi) is 3.97. The van der Waals surface area contributed by atoms with E-state index in [1.54, 1.807) is 31.2 Å². The highest BCUT2D eigenvalue weighted by Gasteiger charge is 2.48. The highest BCUT2D eigenvalue weighted by atomic mass is 19.4. The van der Waals surface area contributed by atoms with Crippen molar-refractivity contribution in [2.45, 2.75) is 38.8 Å². The van der Waals surface area contributed by atoms with Crippen molar-refractivity contribution >= 4 is 5.78 Å². The van der Waals surface area contributed by atoms with Gasteiger partial charge in [-0.05, 0) is 25.3 Å². The SMILES string of the molecule is Cc1ccccc1C(=O)C1CCCCC1C(F)(F)F. The molecule has 1 fully saturated rings. The van der Waals surface area contributed by atoms with Gasteiger partial charge in [0.15, 0.2) is 5.78 Å². The Morgan fingerprint density at radius 3 is 2.42 bits per heavy atom. The average molecular weight is 270 g/mol. The van der Waals surface area contributed by atoms with Crippen LogP contribution in [-0.4, -0.2) is 12.0 Å². The first-order valence-corrected chi connectivity index (χ1v) is 6.58. The van der Waals surface area contributed by atoms with Crippen LogP contribution in [0.2, 0.25) is 0 Å². The van der Waals surface area contributed by atoms with E-state index < -0.39 is 18.0 Å². The number of aryl methyl sites for hydroxylation is 1. The molecule has 1 aliphatic rings. The number of carbonyl (C=O) groups excluding carboxylic acids is 1. The van der Waals surface area contributed by atoms with Crippen LogP contribution in [0.1, 0.15) is 41.6 Å². The number of alkyl halides is 3. The number of benzene rings is 1. The van der Waals surface area contributed by atoms with Crippen LogP contribution in [0.25, 0.3) is 0 Å². The van der Waals surface area contributed by atoms with Gasteiger partial charge in [0.05, 0.1) is 5.92 Å². The molecule has 2 unspecified atom stereocenters. The average Bonchev–Trinajstić information content (AvgIpc) is 2.37. The molecule has 1 nitrogen and oxygen atoms in total. The maximum Gasteiger partial charge on any atom is 0.392 e. The van der Waals surface area contributed by atoms with Crippen molar-refractivity contribution in [3.8, 4) is 0 Å². The lowest BCUT2D eigenvalue weighted by atomic mass is 9.74. The molecule has 0 saturated heterocycles. The van der Waals surface area contributed by atoms with Crippen LogP contribution in [0, 0.1) is 18.8 Å². The molecule has 1 aliphatic carbocycles. The molecule has 2 rings (SSSR count). The highest BCUT2D eigenvalue weighted by Crippen LogP contribution is 2.42. The van der Waals surface area contributed by atoms with Gasteiger partial charge in [0.2, 0.25) is 0 Å². The molecule has 0 aromatic heterocycles. The van der Waals surface area contributed by atoms with Gasteiger partial charge in [0.1, 0.15) is 0 Å². The number of Topliss-reactive ketones (excluding diaryl/α,β-unsaturated/α-hetero) is 1.